The van der Waals surface area contributed by atoms with Gasteiger partial charge in [0, 0.05) is 5.56 Å². The molecule has 0 atom stereocenters. The Morgan fingerprint density at radius 2 is 1.71 bits per heavy atom. The monoisotopic (exact) mass is 333 g/mol. The van der Waals surface area contributed by atoms with Crippen LogP contribution in [0, 0.1) is 0 Å². The number of carbonyl (C=O) groups excluding carboxylic acids is 1. The summed E-state index contributed by atoms with van der Waals surface area (Å²) in [6, 6.07) is 12.4. The first-order valence-corrected chi connectivity index (χ1v) is 6.83. The Kier molecular flexibility index (Phi) is 3.80. The van der Waals surface area contributed by atoms with Crippen molar-refractivity contribution in [1.29, 1.82) is 0 Å². The number of carbonyl (C=O) groups is 1. The summed E-state index contributed by atoms with van der Waals surface area (Å²) in [7, 11) is 0. The number of para-hydroxylation sites is 3. The van der Waals surface area contributed by atoms with E-state index < -0.39 is 17.6 Å². The van der Waals surface area contributed by atoms with Gasteiger partial charge in [-0.2, -0.15) is 13.2 Å². The topological polar surface area (TPSA) is 74.8 Å². The number of nitrogens with zero attached hydrogens (tertiary/aromatic N) is 1. The van der Waals surface area contributed by atoms with Crippen molar-refractivity contribution in [1.82, 2.24) is 9.97 Å². The van der Waals surface area contributed by atoms with Crippen molar-refractivity contribution in [3.8, 4) is 11.3 Å². The van der Waals surface area contributed by atoms with Crippen molar-refractivity contribution in [3.05, 3.63) is 58.9 Å². The molecule has 0 bridgehead atoms. The smallest absolute Gasteiger partial charge is 0.319 e. The van der Waals surface area contributed by atoms with Crippen LogP contribution in [0.25, 0.3) is 22.3 Å². The van der Waals surface area contributed by atoms with Gasteiger partial charge in [-0.25, -0.2) is 4.98 Å². The fourth-order valence-electron chi connectivity index (χ4n) is 2.20. The highest BCUT2D eigenvalue weighted by molar-refractivity contribution is 5.98. The third-order valence-electron chi connectivity index (χ3n) is 3.29. The van der Waals surface area contributed by atoms with Gasteiger partial charge in [0.15, 0.2) is 0 Å². The number of alkyl halides is 3. The van der Waals surface area contributed by atoms with Crippen LogP contribution < -0.4 is 10.9 Å². The van der Waals surface area contributed by atoms with E-state index in [-0.39, 0.29) is 16.9 Å². The molecule has 1 heterocycles. The quantitative estimate of drug-likeness (QED) is 0.757. The van der Waals surface area contributed by atoms with Crippen LogP contribution in [-0.4, -0.2) is 22.1 Å². The Morgan fingerprint density at radius 3 is 2.46 bits per heavy atom. The van der Waals surface area contributed by atoms with Crippen molar-refractivity contribution in [3.63, 3.8) is 0 Å². The van der Waals surface area contributed by atoms with Gasteiger partial charge in [-0.05, 0) is 18.2 Å². The minimum Gasteiger partial charge on any atom is -0.319 e. The standard InChI is InChI=1S/C16H10F3N3O2/c17-16(18,19)15(24)22-10-6-2-1-5-9(10)13-14(23)21-12-8-4-3-7-11(12)20-13/h1-8H,(H,21,23)(H,22,24). The van der Waals surface area contributed by atoms with Gasteiger partial charge in [0.1, 0.15) is 5.69 Å². The molecule has 0 unspecified atom stereocenters. The summed E-state index contributed by atoms with van der Waals surface area (Å²) in [5.41, 5.74) is 0.288. The van der Waals surface area contributed by atoms with E-state index in [1.807, 2.05) is 0 Å². The SMILES string of the molecule is O=C(Nc1ccccc1-c1nc2ccccc2[nH]c1=O)C(F)(F)F. The van der Waals surface area contributed by atoms with E-state index in [0.717, 1.165) is 0 Å². The van der Waals surface area contributed by atoms with Crippen LogP contribution in [-0.2, 0) is 4.79 Å². The predicted molar refractivity (Wildman–Crippen MR) is 82.5 cm³/mol. The van der Waals surface area contributed by atoms with E-state index >= 15 is 0 Å². The molecule has 8 heteroatoms. The van der Waals surface area contributed by atoms with Crippen LogP contribution in [0.15, 0.2) is 53.3 Å². The number of fused-ring (bicyclic) bond motifs is 1. The van der Waals surface area contributed by atoms with E-state index in [4.69, 9.17) is 0 Å². The van der Waals surface area contributed by atoms with Crippen LogP contribution in [0.2, 0.25) is 0 Å². The highest BCUT2D eigenvalue weighted by atomic mass is 19.4. The maximum Gasteiger partial charge on any atom is 0.471 e. The lowest BCUT2D eigenvalue weighted by Crippen LogP contribution is -2.30. The number of rotatable bonds is 2. The highest BCUT2D eigenvalue weighted by Crippen LogP contribution is 2.27. The van der Waals surface area contributed by atoms with Crippen molar-refractivity contribution >= 4 is 22.6 Å². The molecule has 2 aromatic carbocycles. The minimum absolute atomic E-state index is 0.0771. The molecule has 3 aromatic rings. The molecule has 3 rings (SSSR count). The molecular formula is C16H10F3N3O2. The summed E-state index contributed by atoms with van der Waals surface area (Å²) in [6.45, 7) is 0. The molecule has 0 aliphatic carbocycles. The summed E-state index contributed by atoms with van der Waals surface area (Å²) in [5.74, 6) is -2.12. The maximum atomic E-state index is 12.5. The number of aromatic nitrogens is 2. The van der Waals surface area contributed by atoms with Crippen LogP contribution in [0.1, 0.15) is 0 Å². The highest BCUT2D eigenvalue weighted by Gasteiger charge is 2.39. The Bertz CT molecular complexity index is 980. The molecule has 2 N–H and O–H groups in total. The zero-order valence-corrected chi connectivity index (χ0v) is 12.0. The Morgan fingerprint density at radius 1 is 1.04 bits per heavy atom. The number of anilines is 1. The average Bonchev–Trinajstić information content (AvgIpc) is 2.54. The van der Waals surface area contributed by atoms with Crippen LogP contribution in [0.4, 0.5) is 18.9 Å². The first kappa shape index (κ1) is 15.7. The van der Waals surface area contributed by atoms with E-state index in [9.17, 15) is 22.8 Å². The summed E-state index contributed by atoms with van der Waals surface area (Å²) < 4.78 is 37.4. The molecule has 1 amide bonds. The molecule has 24 heavy (non-hydrogen) atoms. The fraction of sp³-hybridized carbons (Fsp3) is 0.0625. The molecule has 0 fully saturated rings. The molecule has 0 saturated heterocycles. The van der Waals surface area contributed by atoms with Crippen LogP contribution in [0.3, 0.4) is 0 Å². The normalized spacial score (nSPS) is 11.5. The molecule has 0 saturated carbocycles. The first-order chi connectivity index (χ1) is 11.4. The van der Waals surface area contributed by atoms with Crippen molar-refractivity contribution in [2.45, 2.75) is 6.18 Å². The molecule has 0 aliphatic heterocycles. The van der Waals surface area contributed by atoms with Gasteiger partial charge in [0.2, 0.25) is 0 Å². The second-order valence-corrected chi connectivity index (χ2v) is 4.93. The molecular weight excluding hydrogens is 323 g/mol. The number of hydrogen-bond donors (Lipinski definition) is 2. The third kappa shape index (κ3) is 2.98. The second kappa shape index (κ2) is 5.80. The van der Waals surface area contributed by atoms with E-state index in [0.29, 0.717) is 11.0 Å². The number of benzene rings is 2. The van der Waals surface area contributed by atoms with Crippen LogP contribution in [0.5, 0.6) is 0 Å². The van der Waals surface area contributed by atoms with Gasteiger partial charge < -0.3 is 10.3 Å². The summed E-state index contributed by atoms with van der Waals surface area (Å²) in [6.07, 6.45) is -5.03. The number of amides is 1. The van der Waals surface area contributed by atoms with Crippen molar-refractivity contribution in [2.24, 2.45) is 0 Å². The summed E-state index contributed by atoms with van der Waals surface area (Å²) in [5, 5.41) is 1.77. The van der Waals surface area contributed by atoms with E-state index in [1.54, 1.807) is 29.6 Å². The molecule has 0 spiro atoms. The second-order valence-electron chi connectivity index (χ2n) is 4.93. The van der Waals surface area contributed by atoms with E-state index in [1.165, 1.54) is 24.3 Å². The zero-order chi connectivity index (χ0) is 17.3. The average molecular weight is 333 g/mol. The fourth-order valence-corrected chi connectivity index (χ4v) is 2.20. The van der Waals surface area contributed by atoms with Gasteiger partial charge in [0.05, 0.1) is 16.7 Å². The van der Waals surface area contributed by atoms with Crippen LogP contribution >= 0.6 is 0 Å². The van der Waals surface area contributed by atoms with Gasteiger partial charge in [0.25, 0.3) is 5.56 Å². The van der Waals surface area contributed by atoms with E-state index in [2.05, 4.69) is 9.97 Å². The molecule has 5 nitrogen and oxygen atoms in total. The van der Waals surface area contributed by atoms with Gasteiger partial charge in [-0.3, -0.25) is 9.59 Å². The Hall–Kier alpha value is -3.16. The first-order valence-electron chi connectivity index (χ1n) is 6.83. The molecule has 0 aliphatic rings. The van der Waals surface area contributed by atoms with Gasteiger partial charge in [-0.15, -0.1) is 0 Å². The van der Waals surface area contributed by atoms with Crippen molar-refractivity contribution in [2.75, 3.05) is 5.32 Å². The number of hydrogen-bond acceptors (Lipinski definition) is 3. The van der Waals surface area contributed by atoms with Crippen molar-refractivity contribution < 1.29 is 18.0 Å². The molecule has 122 valence electrons. The summed E-state index contributed by atoms with van der Waals surface area (Å²) in [4.78, 5) is 30.2. The number of nitrogens with one attached hydrogen (secondary N) is 2. The lowest BCUT2D eigenvalue weighted by molar-refractivity contribution is -0.167. The number of halogens is 3. The van der Waals surface area contributed by atoms with Gasteiger partial charge >= 0.3 is 12.1 Å². The predicted octanol–water partition coefficient (Wildman–Crippen LogP) is 3.09. The van der Waals surface area contributed by atoms with Gasteiger partial charge in [-0.1, -0.05) is 30.3 Å². The summed E-state index contributed by atoms with van der Waals surface area (Å²) >= 11 is 0. The number of aromatic amines is 1. The zero-order valence-electron chi connectivity index (χ0n) is 12.0. The third-order valence-corrected chi connectivity index (χ3v) is 3.29. The minimum atomic E-state index is -5.03. The lowest BCUT2D eigenvalue weighted by Gasteiger charge is -2.12. The molecule has 0 radical (unpaired) electrons. The largest absolute Gasteiger partial charge is 0.471 e. The Balaban J connectivity index is 2.12. The molecule has 1 aromatic heterocycles. The Labute approximate surface area is 133 Å². The maximum absolute atomic E-state index is 12.5. The number of H-pyrrole nitrogens is 1. The lowest BCUT2D eigenvalue weighted by atomic mass is 10.1.